The Hall–Kier alpha value is -1.90. The third kappa shape index (κ3) is 3.54. The lowest BCUT2D eigenvalue weighted by molar-refractivity contribution is 0.557. The van der Waals surface area contributed by atoms with Crippen molar-refractivity contribution in [3.05, 3.63) is 61.9 Å². The molecule has 0 saturated carbocycles. The number of hydrogen-bond donors (Lipinski definition) is 1. The molecule has 2 rings (SSSR count). The van der Waals surface area contributed by atoms with Crippen molar-refractivity contribution in [2.75, 3.05) is 0 Å². The molecule has 0 amide bonds. The Morgan fingerprint density at radius 2 is 1.87 bits per heavy atom. The van der Waals surface area contributed by atoms with Crippen molar-refractivity contribution in [3.8, 4) is 0 Å². The van der Waals surface area contributed by atoms with Crippen LogP contribution >= 0.6 is 11.6 Å². The smallest absolute Gasteiger partial charge is 0.302 e. The van der Waals surface area contributed by atoms with Crippen LogP contribution in [0.4, 0.5) is 0 Å². The minimum atomic E-state index is -4.10. The zero-order valence-electron chi connectivity index (χ0n) is 12.8. The summed E-state index contributed by atoms with van der Waals surface area (Å²) in [7, 11) is -1.50. The molecule has 0 bridgehead atoms. The molecule has 1 aromatic carbocycles. The predicted octanol–water partition coefficient (Wildman–Crippen LogP) is 0.777. The number of hydrogen-bond acceptors (Lipinski definition) is 4. The van der Waals surface area contributed by atoms with Crippen molar-refractivity contribution in [1.29, 1.82) is 0 Å². The van der Waals surface area contributed by atoms with Gasteiger partial charge >= 0.3 is 5.69 Å². The van der Waals surface area contributed by atoms with E-state index < -0.39 is 32.2 Å². The highest BCUT2D eigenvalue weighted by molar-refractivity contribution is 7.89. The number of aryl methyl sites for hydroxylation is 1. The second-order valence-electron chi connectivity index (χ2n) is 5.15. The first-order valence-electron chi connectivity index (χ1n) is 6.68. The molecule has 1 heterocycles. The summed E-state index contributed by atoms with van der Waals surface area (Å²) < 4.78 is 29.1. The summed E-state index contributed by atoms with van der Waals surface area (Å²) >= 11 is 5.89. The first-order valence-corrected chi connectivity index (χ1v) is 8.54. The summed E-state index contributed by atoms with van der Waals surface area (Å²) in [6, 6.07) is 6.13. The molecule has 0 aliphatic rings. The van der Waals surface area contributed by atoms with Gasteiger partial charge in [0, 0.05) is 31.4 Å². The van der Waals surface area contributed by atoms with Crippen LogP contribution in [-0.2, 0) is 24.1 Å². The highest BCUT2D eigenvalue weighted by Crippen LogP contribution is 2.19. The van der Waals surface area contributed by atoms with Crippen molar-refractivity contribution in [3.63, 3.8) is 0 Å². The first-order chi connectivity index (χ1) is 10.6. The van der Waals surface area contributed by atoms with Gasteiger partial charge in [-0.05, 0) is 24.6 Å². The number of rotatable bonds is 4. The van der Waals surface area contributed by atoms with E-state index in [1.54, 1.807) is 31.2 Å². The van der Waals surface area contributed by atoms with Crippen LogP contribution in [0, 0.1) is 0 Å². The molecular formula is C14H16ClN3O4S. The Morgan fingerprint density at radius 1 is 1.22 bits per heavy atom. The molecule has 124 valence electrons. The van der Waals surface area contributed by atoms with Gasteiger partial charge < -0.3 is 4.57 Å². The van der Waals surface area contributed by atoms with Gasteiger partial charge in [-0.3, -0.25) is 9.36 Å². The van der Waals surface area contributed by atoms with Crippen LogP contribution in [0.15, 0.2) is 44.9 Å². The summed E-state index contributed by atoms with van der Waals surface area (Å²) in [4.78, 5) is 23.2. The first kappa shape index (κ1) is 17.5. The minimum absolute atomic E-state index is 0.478. The SMILES string of the molecule is CC(NS(=O)(=O)c1cn(C)c(=O)n(C)c1=O)c1cccc(Cl)c1. The number of nitrogens with zero attached hydrogens (tertiary/aromatic N) is 2. The third-order valence-corrected chi connectivity index (χ3v) is 5.14. The molecule has 2 aromatic rings. The van der Waals surface area contributed by atoms with Gasteiger partial charge in [-0.25, -0.2) is 17.9 Å². The highest BCUT2D eigenvalue weighted by atomic mass is 35.5. The van der Waals surface area contributed by atoms with Crippen LogP contribution in [0.2, 0.25) is 5.02 Å². The van der Waals surface area contributed by atoms with E-state index in [-0.39, 0.29) is 0 Å². The Morgan fingerprint density at radius 3 is 2.48 bits per heavy atom. The number of benzene rings is 1. The maximum Gasteiger partial charge on any atom is 0.330 e. The second kappa shape index (κ2) is 6.31. The maximum absolute atomic E-state index is 12.5. The second-order valence-corrected chi connectivity index (χ2v) is 7.27. The standard InChI is InChI=1S/C14H16ClN3O4S/c1-9(10-5-4-6-11(15)7-10)16-23(21,22)12-8-17(2)14(20)18(3)13(12)19/h4-9,16H,1-3H3. The van der Waals surface area contributed by atoms with Crippen molar-refractivity contribution < 1.29 is 8.42 Å². The van der Waals surface area contributed by atoms with Gasteiger partial charge in [0.15, 0.2) is 4.90 Å². The number of halogens is 1. The molecule has 0 saturated heterocycles. The molecule has 0 aliphatic heterocycles. The molecule has 0 spiro atoms. The van der Waals surface area contributed by atoms with E-state index in [1.807, 2.05) is 0 Å². The van der Waals surface area contributed by atoms with Crippen molar-refractivity contribution in [1.82, 2.24) is 13.9 Å². The van der Waals surface area contributed by atoms with Gasteiger partial charge in [-0.1, -0.05) is 23.7 Å². The Bertz CT molecular complexity index is 963. The lowest BCUT2D eigenvalue weighted by Gasteiger charge is -2.15. The molecule has 1 aromatic heterocycles. The molecule has 1 atom stereocenters. The van der Waals surface area contributed by atoms with Crippen molar-refractivity contribution in [2.24, 2.45) is 14.1 Å². The largest absolute Gasteiger partial charge is 0.330 e. The summed E-state index contributed by atoms with van der Waals surface area (Å²) in [5.74, 6) is 0. The molecule has 7 nitrogen and oxygen atoms in total. The molecular weight excluding hydrogens is 342 g/mol. The van der Waals surface area contributed by atoms with E-state index in [1.165, 1.54) is 14.1 Å². The number of nitrogens with one attached hydrogen (secondary N) is 1. The molecule has 0 radical (unpaired) electrons. The van der Waals surface area contributed by atoms with Crippen LogP contribution in [-0.4, -0.2) is 17.6 Å². The Kier molecular flexibility index (Phi) is 4.79. The quantitative estimate of drug-likeness (QED) is 0.875. The van der Waals surface area contributed by atoms with Crippen LogP contribution in [0.25, 0.3) is 0 Å². The Balaban J connectivity index is 2.44. The van der Waals surface area contributed by atoms with Crippen LogP contribution in [0.3, 0.4) is 0 Å². The molecule has 1 unspecified atom stereocenters. The molecule has 9 heteroatoms. The lowest BCUT2D eigenvalue weighted by Crippen LogP contribution is -2.41. The summed E-state index contributed by atoms with van der Waals surface area (Å²) in [6.45, 7) is 1.63. The summed E-state index contributed by atoms with van der Waals surface area (Å²) in [6.07, 6.45) is 1.01. The Labute approximate surface area is 138 Å². The third-order valence-electron chi connectivity index (χ3n) is 3.39. The zero-order valence-corrected chi connectivity index (χ0v) is 14.4. The van der Waals surface area contributed by atoms with Gasteiger partial charge in [0.25, 0.3) is 5.56 Å². The predicted molar refractivity (Wildman–Crippen MR) is 87.1 cm³/mol. The van der Waals surface area contributed by atoms with E-state index in [0.29, 0.717) is 10.6 Å². The molecule has 0 fully saturated rings. The average Bonchev–Trinajstić information content (AvgIpc) is 2.48. The fraction of sp³-hybridized carbons (Fsp3) is 0.286. The van der Waals surface area contributed by atoms with Gasteiger partial charge in [0.1, 0.15) is 0 Å². The van der Waals surface area contributed by atoms with Gasteiger partial charge in [-0.2, -0.15) is 0 Å². The average molecular weight is 358 g/mol. The number of sulfonamides is 1. The van der Waals surface area contributed by atoms with E-state index >= 15 is 0 Å². The molecule has 0 aliphatic carbocycles. The zero-order chi connectivity index (χ0) is 17.4. The highest BCUT2D eigenvalue weighted by Gasteiger charge is 2.24. The van der Waals surface area contributed by atoms with E-state index in [9.17, 15) is 18.0 Å². The van der Waals surface area contributed by atoms with E-state index in [4.69, 9.17) is 11.6 Å². The fourth-order valence-corrected chi connectivity index (χ4v) is 3.69. The van der Waals surface area contributed by atoms with Gasteiger partial charge in [0.05, 0.1) is 0 Å². The summed E-state index contributed by atoms with van der Waals surface area (Å²) in [5, 5.41) is 0.478. The van der Waals surface area contributed by atoms with Crippen LogP contribution < -0.4 is 16.0 Å². The van der Waals surface area contributed by atoms with E-state index in [2.05, 4.69) is 4.72 Å². The molecule has 1 N–H and O–H groups in total. The lowest BCUT2D eigenvalue weighted by atomic mass is 10.1. The van der Waals surface area contributed by atoms with Crippen molar-refractivity contribution in [2.45, 2.75) is 17.9 Å². The van der Waals surface area contributed by atoms with Crippen LogP contribution in [0.1, 0.15) is 18.5 Å². The van der Waals surface area contributed by atoms with Crippen LogP contribution in [0.5, 0.6) is 0 Å². The van der Waals surface area contributed by atoms with E-state index in [0.717, 1.165) is 15.3 Å². The maximum atomic E-state index is 12.5. The van der Waals surface area contributed by atoms with Gasteiger partial charge in [0.2, 0.25) is 10.0 Å². The van der Waals surface area contributed by atoms with Crippen molar-refractivity contribution >= 4 is 21.6 Å². The topological polar surface area (TPSA) is 90.2 Å². The minimum Gasteiger partial charge on any atom is -0.302 e. The monoisotopic (exact) mass is 357 g/mol. The normalized spacial score (nSPS) is 13.0. The fourth-order valence-electron chi connectivity index (χ4n) is 2.10. The summed E-state index contributed by atoms with van der Waals surface area (Å²) in [5.41, 5.74) is -0.821. The molecule has 23 heavy (non-hydrogen) atoms. The van der Waals surface area contributed by atoms with Gasteiger partial charge in [-0.15, -0.1) is 0 Å². The number of aromatic nitrogens is 2.